The molecule has 2 nitrogen and oxygen atoms in total. The van der Waals surface area contributed by atoms with Gasteiger partial charge in [-0.3, -0.25) is 0 Å². The molecule has 0 bridgehead atoms. The van der Waals surface area contributed by atoms with Crippen molar-refractivity contribution in [3.05, 3.63) is 182 Å². The fourth-order valence-corrected chi connectivity index (χ4v) is 7.17. The smallest absolute Gasteiger partial charge is 0.0618 e. The van der Waals surface area contributed by atoms with Gasteiger partial charge in [-0.2, -0.15) is 0 Å². The van der Waals surface area contributed by atoms with Gasteiger partial charge in [0.15, 0.2) is 0 Å². The van der Waals surface area contributed by atoms with Gasteiger partial charge in [-0.25, -0.2) is 0 Å². The number of benzene rings is 8. The molecule has 0 atom stereocenters. The highest BCUT2D eigenvalue weighted by molar-refractivity contribution is 6.21. The Labute approximate surface area is 268 Å². The number of para-hydroxylation sites is 3. The van der Waals surface area contributed by atoms with E-state index in [1.165, 1.54) is 60.2 Å². The van der Waals surface area contributed by atoms with Crippen molar-refractivity contribution in [1.29, 1.82) is 0 Å². The summed E-state index contributed by atoms with van der Waals surface area (Å²) in [5.41, 5.74) is 9.36. The highest BCUT2D eigenvalue weighted by Gasteiger charge is 2.25. The first kappa shape index (κ1) is 26.3. The molecule has 1 aromatic heterocycles. The first-order chi connectivity index (χ1) is 22.9. The van der Waals surface area contributed by atoms with Crippen molar-refractivity contribution in [3.8, 4) is 16.8 Å². The van der Waals surface area contributed by atoms with Crippen molar-refractivity contribution in [3.63, 3.8) is 0 Å². The molecule has 0 aliphatic rings. The Morgan fingerprint density at radius 3 is 1.67 bits per heavy atom. The maximum atomic E-state index is 2.52. The molecule has 0 saturated carbocycles. The van der Waals surface area contributed by atoms with Gasteiger partial charge < -0.3 is 9.47 Å². The lowest BCUT2D eigenvalue weighted by Crippen LogP contribution is -2.13. The number of anilines is 3. The van der Waals surface area contributed by atoms with Gasteiger partial charge in [-0.15, -0.1) is 0 Å². The minimum Gasteiger partial charge on any atom is -0.309 e. The van der Waals surface area contributed by atoms with Crippen LogP contribution >= 0.6 is 0 Å². The van der Waals surface area contributed by atoms with E-state index in [1.807, 2.05) is 0 Å². The average molecular weight is 587 g/mol. The second kappa shape index (κ2) is 10.8. The van der Waals surface area contributed by atoms with E-state index in [0.717, 1.165) is 17.1 Å². The second-order valence-corrected chi connectivity index (χ2v) is 11.7. The van der Waals surface area contributed by atoms with Gasteiger partial charge in [0.05, 0.1) is 28.1 Å². The van der Waals surface area contributed by atoms with Crippen LogP contribution in [-0.4, -0.2) is 4.57 Å². The summed E-state index contributed by atoms with van der Waals surface area (Å²) >= 11 is 0. The zero-order valence-corrected chi connectivity index (χ0v) is 25.2. The van der Waals surface area contributed by atoms with Crippen LogP contribution in [0.15, 0.2) is 182 Å². The van der Waals surface area contributed by atoms with Crippen molar-refractivity contribution in [2.75, 3.05) is 4.90 Å². The molecule has 1 heterocycles. The van der Waals surface area contributed by atoms with Gasteiger partial charge in [0.2, 0.25) is 0 Å². The average Bonchev–Trinajstić information content (AvgIpc) is 3.47. The summed E-state index contributed by atoms with van der Waals surface area (Å²) in [7, 11) is 0. The van der Waals surface area contributed by atoms with Crippen LogP contribution in [0, 0.1) is 0 Å². The minimum atomic E-state index is 1.14. The first-order valence-electron chi connectivity index (χ1n) is 15.8. The van der Waals surface area contributed by atoms with E-state index in [0.29, 0.717) is 0 Å². The molecule has 2 heteroatoms. The quantitative estimate of drug-likeness (QED) is 0.182. The zero-order chi connectivity index (χ0) is 30.5. The first-order valence-corrected chi connectivity index (χ1v) is 15.8. The predicted molar refractivity (Wildman–Crippen MR) is 196 cm³/mol. The summed E-state index contributed by atoms with van der Waals surface area (Å²) in [6, 6.07) is 65.7. The molecule has 0 N–H and O–H groups in total. The lowest BCUT2D eigenvalue weighted by Gasteiger charge is -2.31. The summed E-state index contributed by atoms with van der Waals surface area (Å²) in [5, 5.41) is 7.32. The summed E-state index contributed by atoms with van der Waals surface area (Å²) < 4.78 is 2.40. The molecule has 9 aromatic rings. The molecule has 9 rings (SSSR count). The molecule has 0 spiro atoms. The van der Waals surface area contributed by atoms with Crippen LogP contribution in [0.2, 0.25) is 0 Å². The van der Waals surface area contributed by atoms with Crippen LogP contribution in [-0.2, 0) is 0 Å². The Balaban J connectivity index is 1.47. The predicted octanol–water partition coefficient (Wildman–Crippen LogP) is 12.2. The Morgan fingerprint density at radius 2 is 0.935 bits per heavy atom. The van der Waals surface area contributed by atoms with Gasteiger partial charge in [0.1, 0.15) is 0 Å². The van der Waals surface area contributed by atoms with Crippen molar-refractivity contribution < 1.29 is 0 Å². The SMILES string of the molecule is c1ccc(-c2ccccc2N(c2c3ccccc3cc3ccccc23)c2cccc3c2c2ccccc2n3-c2ccccc2)cc1. The topological polar surface area (TPSA) is 8.17 Å². The molecule has 46 heavy (non-hydrogen) atoms. The monoisotopic (exact) mass is 586 g/mol. The normalized spacial score (nSPS) is 11.5. The maximum Gasteiger partial charge on any atom is 0.0618 e. The van der Waals surface area contributed by atoms with E-state index < -0.39 is 0 Å². The molecule has 0 aliphatic carbocycles. The highest BCUT2D eigenvalue weighted by Crippen LogP contribution is 2.50. The van der Waals surface area contributed by atoms with Crippen LogP contribution in [0.25, 0.3) is 60.2 Å². The maximum absolute atomic E-state index is 2.52. The van der Waals surface area contributed by atoms with Gasteiger partial charge >= 0.3 is 0 Å². The number of nitrogens with zero attached hydrogens (tertiary/aromatic N) is 2. The molecule has 0 unspecified atom stereocenters. The Bertz CT molecular complexity index is 2470. The minimum absolute atomic E-state index is 1.14. The fraction of sp³-hybridized carbons (Fsp3) is 0. The van der Waals surface area contributed by atoms with Gasteiger partial charge in [-0.1, -0.05) is 140 Å². The number of fused-ring (bicyclic) bond motifs is 5. The molecule has 216 valence electrons. The zero-order valence-electron chi connectivity index (χ0n) is 25.2. The molecule has 0 fully saturated rings. The van der Waals surface area contributed by atoms with E-state index in [1.54, 1.807) is 0 Å². The van der Waals surface area contributed by atoms with E-state index in [-0.39, 0.29) is 0 Å². The fourth-order valence-electron chi connectivity index (χ4n) is 7.17. The summed E-state index contributed by atoms with van der Waals surface area (Å²) in [6.07, 6.45) is 0. The van der Waals surface area contributed by atoms with Crippen LogP contribution in [0.1, 0.15) is 0 Å². The number of hydrogen-bond donors (Lipinski definition) is 0. The lowest BCUT2D eigenvalue weighted by atomic mass is 9.96. The Kier molecular flexibility index (Phi) is 6.17. The van der Waals surface area contributed by atoms with Gasteiger partial charge in [0, 0.05) is 32.8 Å². The standard InChI is InChI=1S/C44H30N2/c1-3-16-31(17-4-1)35-22-11-13-26-39(35)46(44-36-23-9-7-18-32(36)30-33-19-8-10-24-37(33)44)42-29-15-28-41-43(42)38-25-12-14-27-40(38)45(41)34-20-5-2-6-21-34/h1-30H. The molecule has 0 aliphatic heterocycles. The molecule has 0 radical (unpaired) electrons. The van der Waals surface area contributed by atoms with Crippen LogP contribution in [0.4, 0.5) is 17.1 Å². The second-order valence-electron chi connectivity index (χ2n) is 11.7. The number of rotatable bonds is 5. The molecule has 0 amide bonds. The van der Waals surface area contributed by atoms with Gasteiger partial charge in [0.25, 0.3) is 0 Å². The van der Waals surface area contributed by atoms with E-state index in [4.69, 9.17) is 0 Å². The highest BCUT2D eigenvalue weighted by atomic mass is 15.2. The molecule has 8 aromatic carbocycles. The third-order valence-corrected chi connectivity index (χ3v) is 9.13. The Hall–Kier alpha value is -6.12. The number of hydrogen-bond acceptors (Lipinski definition) is 1. The molecular formula is C44H30N2. The molecular weight excluding hydrogens is 556 g/mol. The third-order valence-electron chi connectivity index (χ3n) is 9.13. The van der Waals surface area contributed by atoms with Crippen LogP contribution in [0.3, 0.4) is 0 Å². The summed E-state index contributed by atoms with van der Waals surface area (Å²) in [5.74, 6) is 0. The van der Waals surface area contributed by atoms with Crippen molar-refractivity contribution >= 4 is 60.4 Å². The van der Waals surface area contributed by atoms with Crippen molar-refractivity contribution in [2.45, 2.75) is 0 Å². The largest absolute Gasteiger partial charge is 0.309 e. The van der Waals surface area contributed by atoms with E-state index >= 15 is 0 Å². The van der Waals surface area contributed by atoms with Crippen molar-refractivity contribution in [2.24, 2.45) is 0 Å². The lowest BCUT2D eigenvalue weighted by molar-refractivity contribution is 1.18. The third kappa shape index (κ3) is 4.12. The summed E-state index contributed by atoms with van der Waals surface area (Å²) in [4.78, 5) is 2.52. The van der Waals surface area contributed by atoms with Gasteiger partial charge in [-0.05, 0) is 58.8 Å². The van der Waals surface area contributed by atoms with Crippen LogP contribution in [0.5, 0.6) is 0 Å². The number of aromatic nitrogens is 1. The molecule has 0 saturated heterocycles. The Morgan fingerprint density at radius 1 is 0.391 bits per heavy atom. The van der Waals surface area contributed by atoms with Crippen molar-refractivity contribution in [1.82, 2.24) is 4.57 Å². The van der Waals surface area contributed by atoms with E-state index in [2.05, 4.69) is 191 Å². The van der Waals surface area contributed by atoms with Crippen LogP contribution < -0.4 is 4.90 Å². The summed E-state index contributed by atoms with van der Waals surface area (Å²) in [6.45, 7) is 0. The van der Waals surface area contributed by atoms with E-state index in [9.17, 15) is 0 Å².